The Bertz CT molecular complexity index is 1200. The van der Waals surface area contributed by atoms with Crippen molar-refractivity contribution in [3.63, 3.8) is 0 Å². The van der Waals surface area contributed by atoms with Gasteiger partial charge in [0.2, 0.25) is 0 Å². The molecule has 0 unspecified atom stereocenters. The third kappa shape index (κ3) is 3.19. The van der Waals surface area contributed by atoms with E-state index in [0.717, 1.165) is 72.0 Å². The molecule has 0 radical (unpaired) electrons. The molecule has 1 N–H and O–H groups in total. The number of benzene rings is 1. The van der Waals surface area contributed by atoms with Crippen molar-refractivity contribution < 1.29 is 4.39 Å². The number of H-pyrrole nitrogens is 1. The molecule has 0 amide bonds. The number of halogens is 1. The van der Waals surface area contributed by atoms with Crippen LogP contribution >= 0.6 is 0 Å². The van der Waals surface area contributed by atoms with Crippen LogP contribution in [0.3, 0.4) is 0 Å². The summed E-state index contributed by atoms with van der Waals surface area (Å²) in [7, 11) is 0. The number of aromatic amines is 1. The minimum absolute atomic E-state index is 0.313. The summed E-state index contributed by atoms with van der Waals surface area (Å²) in [6.45, 7) is 9.35. The molecule has 0 atom stereocenters. The van der Waals surface area contributed by atoms with Gasteiger partial charge in [0.15, 0.2) is 11.5 Å². The van der Waals surface area contributed by atoms with E-state index in [1.54, 1.807) is 4.52 Å². The summed E-state index contributed by atoms with van der Waals surface area (Å²) in [5.41, 5.74) is 5.36. The van der Waals surface area contributed by atoms with Crippen LogP contribution in [0.1, 0.15) is 42.8 Å². The number of rotatable bonds is 3. The average Bonchev–Trinajstić information content (AvgIpc) is 3.31. The Hall–Kier alpha value is -2.80. The molecule has 1 aliphatic rings. The SMILES string of the molecule is CCN1CCC(c2nc3c(F)cc(-c4cc(C)c5nc(C)cn5n4)cc3[nH]2)CC1. The van der Waals surface area contributed by atoms with Crippen LogP contribution in [0.2, 0.25) is 0 Å². The van der Waals surface area contributed by atoms with E-state index >= 15 is 0 Å². The number of imidazole rings is 2. The zero-order chi connectivity index (χ0) is 20.1. The van der Waals surface area contributed by atoms with Crippen LogP contribution in [0.25, 0.3) is 27.9 Å². The van der Waals surface area contributed by atoms with Crippen LogP contribution in [0.4, 0.5) is 4.39 Å². The Kier molecular flexibility index (Phi) is 4.35. The monoisotopic (exact) mass is 392 g/mol. The molecule has 7 heteroatoms. The second-order valence-corrected chi connectivity index (χ2v) is 8.05. The first-order chi connectivity index (χ1) is 14.0. The highest BCUT2D eigenvalue weighted by Crippen LogP contribution is 2.31. The molecule has 4 aromatic rings. The summed E-state index contributed by atoms with van der Waals surface area (Å²) in [6.07, 6.45) is 4.00. The highest BCUT2D eigenvalue weighted by atomic mass is 19.1. The Morgan fingerprint density at radius 1 is 1.14 bits per heavy atom. The molecule has 150 valence electrons. The van der Waals surface area contributed by atoms with Crippen LogP contribution in [-0.2, 0) is 0 Å². The van der Waals surface area contributed by atoms with Crippen molar-refractivity contribution in [2.45, 2.75) is 39.5 Å². The van der Waals surface area contributed by atoms with Gasteiger partial charge >= 0.3 is 0 Å². The number of nitrogens with zero attached hydrogens (tertiary/aromatic N) is 5. The Balaban J connectivity index is 1.53. The number of fused-ring (bicyclic) bond motifs is 2. The topological polar surface area (TPSA) is 62.1 Å². The van der Waals surface area contributed by atoms with Gasteiger partial charge in [0.05, 0.1) is 23.1 Å². The third-order valence-electron chi connectivity index (χ3n) is 6.01. The van der Waals surface area contributed by atoms with E-state index in [9.17, 15) is 4.39 Å². The molecule has 0 saturated carbocycles. The summed E-state index contributed by atoms with van der Waals surface area (Å²) in [5, 5.41) is 4.64. The summed E-state index contributed by atoms with van der Waals surface area (Å²) in [6, 6.07) is 5.44. The third-order valence-corrected chi connectivity index (χ3v) is 6.01. The Labute approximate surface area is 168 Å². The van der Waals surface area contributed by atoms with E-state index in [4.69, 9.17) is 0 Å². The molecule has 0 bridgehead atoms. The minimum Gasteiger partial charge on any atom is -0.342 e. The number of hydrogen-bond acceptors (Lipinski definition) is 4. The molecule has 6 nitrogen and oxygen atoms in total. The largest absolute Gasteiger partial charge is 0.342 e. The Morgan fingerprint density at radius 3 is 2.69 bits per heavy atom. The quantitative estimate of drug-likeness (QED) is 0.567. The summed E-state index contributed by atoms with van der Waals surface area (Å²) >= 11 is 0. The molecular weight excluding hydrogens is 367 g/mol. The smallest absolute Gasteiger partial charge is 0.156 e. The summed E-state index contributed by atoms with van der Waals surface area (Å²) < 4.78 is 16.7. The lowest BCUT2D eigenvalue weighted by Crippen LogP contribution is -2.32. The van der Waals surface area contributed by atoms with Gasteiger partial charge < -0.3 is 9.88 Å². The van der Waals surface area contributed by atoms with Crippen LogP contribution in [-0.4, -0.2) is 49.1 Å². The molecule has 1 fully saturated rings. The molecule has 4 heterocycles. The zero-order valence-electron chi connectivity index (χ0n) is 17.0. The fourth-order valence-electron chi connectivity index (χ4n) is 4.34. The number of aromatic nitrogens is 5. The number of aryl methyl sites for hydroxylation is 2. The lowest BCUT2D eigenvalue weighted by Gasteiger charge is -2.29. The summed E-state index contributed by atoms with van der Waals surface area (Å²) in [4.78, 5) is 14.9. The number of nitrogens with one attached hydrogen (secondary N) is 1. The maximum absolute atomic E-state index is 14.9. The van der Waals surface area contributed by atoms with E-state index in [1.807, 2.05) is 32.2 Å². The van der Waals surface area contributed by atoms with Crippen molar-refractivity contribution in [3.8, 4) is 11.3 Å². The Morgan fingerprint density at radius 2 is 1.93 bits per heavy atom. The predicted octanol–water partition coefficient (Wildman–Crippen LogP) is 4.23. The second kappa shape index (κ2) is 6.91. The first-order valence-electron chi connectivity index (χ1n) is 10.3. The van der Waals surface area contributed by atoms with Gasteiger partial charge in [-0.1, -0.05) is 6.92 Å². The van der Waals surface area contributed by atoms with Gasteiger partial charge in [-0.3, -0.25) is 0 Å². The fourth-order valence-corrected chi connectivity index (χ4v) is 4.34. The fraction of sp³-hybridized carbons (Fsp3) is 0.409. The molecule has 1 saturated heterocycles. The van der Waals surface area contributed by atoms with E-state index in [0.29, 0.717) is 11.4 Å². The van der Waals surface area contributed by atoms with Gasteiger partial charge in [-0.15, -0.1) is 0 Å². The minimum atomic E-state index is -0.313. The van der Waals surface area contributed by atoms with E-state index in [-0.39, 0.29) is 5.82 Å². The molecular formula is C22H25FN6. The van der Waals surface area contributed by atoms with Crippen LogP contribution in [0.5, 0.6) is 0 Å². The summed E-state index contributed by atoms with van der Waals surface area (Å²) in [5.74, 6) is 0.947. The van der Waals surface area contributed by atoms with Crippen LogP contribution in [0, 0.1) is 19.7 Å². The van der Waals surface area contributed by atoms with Crippen molar-refractivity contribution in [1.29, 1.82) is 0 Å². The zero-order valence-corrected chi connectivity index (χ0v) is 17.0. The van der Waals surface area contributed by atoms with Crippen LogP contribution in [0.15, 0.2) is 24.4 Å². The highest BCUT2D eigenvalue weighted by molar-refractivity contribution is 5.82. The molecule has 0 aliphatic carbocycles. The van der Waals surface area contributed by atoms with Gasteiger partial charge in [0, 0.05) is 11.5 Å². The lowest BCUT2D eigenvalue weighted by molar-refractivity contribution is 0.219. The number of likely N-dealkylation sites (tertiary alicyclic amines) is 1. The van der Waals surface area contributed by atoms with Crippen molar-refractivity contribution in [1.82, 2.24) is 29.5 Å². The second-order valence-electron chi connectivity index (χ2n) is 8.05. The lowest BCUT2D eigenvalue weighted by atomic mass is 9.96. The predicted molar refractivity (Wildman–Crippen MR) is 112 cm³/mol. The number of hydrogen-bond donors (Lipinski definition) is 1. The van der Waals surface area contributed by atoms with Gasteiger partial charge in [0.1, 0.15) is 11.3 Å². The molecule has 29 heavy (non-hydrogen) atoms. The van der Waals surface area contributed by atoms with Crippen molar-refractivity contribution in [2.75, 3.05) is 19.6 Å². The van der Waals surface area contributed by atoms with Crippen LogP contribution < -0.4 is 0 Å². The molecule has 0 spiro atoms. The molecule has 3 aromatic heterocycles. The molecule has 1 aliphatic heterocycles. The first-order valence-corrected chi connectivity index (χ1v) is 10.3. The molecule has 1 aromatic carbocycles. The number of piperidine rings is 1. The van der Waals surface area contributed by atoms with Crippen molar-refractivity contribution in [2.24, 2.45) is 0 Å². The normalized spacial score (nSPS) is 16.3. The maximum atomic E-state index is 14.9. The van der Waals surface area contributed by atoms with Crippen molar-refractivity contribution >= 4 is 16.7 Å². The van der Waals surface area contributed by atoms with E-state index < -0.39 is 0 Å². The van der Waals surface area contributed by atoms with Gasteiger partial charge in [-0.05, 0) is 70.1 Å². The first kappa shape index (κ1) is 18.2. The van der Waals surface area contributed by atoms with E-state index in [2.05, 4.69) is 31.9 Å². The van der Waals surface area contributed by atoms with Gasteiger partial charge in [-0.2, -0.15) is 5.10 Å². The van der Waals surface area contributed by atoms with Gasteiger partial charge in [-0.25, -0.2) is 18.9 Å². The maximum Gasteiger partial charge on any atom is 0.156 e. The van der Waals surface area contributed by atoms with E-state index in [1.165, 1.54) is 6.07 Å². The highest BCUT2D eigenvalue weighted by Gasteiger charge is 2.23. The van der Waals surface area contributed by atoms with Crippen molar-refractivity contribution in [3.05, 3.63) is 47.3 Å². The standard InChI is InChI=1S/C22H25FN6/c1-4-28-7-5-15(6-8-28)21-25-19-11-16(10-17(23)20(19)26-21)18-9-13(2)22-24-14(3)12-29(22)27-18/h9-12,15H,4-8H2,1-3H3,(H,25,26). The van der Waals surface area contributed by atoms with Gasteiger partial charge in [0.25, 0.3) is 0 Å². The molecule has 5 rings (SSSR count). The average molecular weight is 392 g/mol.